The number of benzene rings is 2. The van der Waals surface area contributed by atoms with Gasteiger partial charge in [-0.05, 0) is 69.5 Å². The first-order valence-corrected chi connectivity index (χ1v) is 9.99. The summed E-state index contributed by atoms with van der Waals surface area (Å²) < 4.78 is 0. The largest absolute Gasteiger partial charge is 0.0654 e. The van der Waals surface area contributed by atoms with E-state index in [1.807, 2.05) is 0 Å². The molecule has 0 heterocycles. The van der Waals surface area contributed by atoms with Gasteiger partial charge < -0.3 is 0 Å². The highest BCUT2D eigenvalue weighted by Gasteiger charge is 2.23. The molecular formula is C26H34. The van der Waals surface area contributed by atoms with Gasteiger partial charge in [0.05, 0.1) is 0 Å². The van der Waals surface area contributed by atoms with Crippen molar-refractivity contribution in [2.45, 2.75) is 79.1 Å². The van der Waals surface area contributed by atoms with E-state index in [1.165, 1.54) is 38.9 Å². The van der Waals surface area contributed by atoms with E-state index >= 15 is 0 Å². The van der Waals surface area contributed by atoms with Crippen molar-refractivity contribution in [3.8, 4) is 11.1 Å². The predicted octanol–water partition coefficient (Wildman–Crippen LogP) is 7.61. The zero-order chi connectivity index (χ0) is 19.3. The molecule has 0 unspecified atom stereocenters. The highest BCUT2D eigenvalue weighted by atomic mass is 14.3. The summed E-state index contributed by atoms with van der Waals surface area (Å²) >= 11 is 0. The molecule has 0 atom stereocenters. The number of hydrogen-bond donors (Lipinski definition) is 0. The first kappa shape index (κ1) is 19.0. The SMILES string of the molecule is CCC1=Cc2c(-c3cc(C(C)(C)C)cc(C(C)(C)C)c3)ccc(C)c2C1. The quantitative estimate of drug-likeness (QED) is 0.525. The fourth-order valence-electron chi connectivity index (χ4n) is 3.78. The van der Waals surface area contributed by atoms with Gasteiger partial charge in [-0.15, -0.1) is 0 Å². The molecule has 0 aromatic heterocycles. The Balaban J connectivity index is 2.26. The average Bonchev–Trinajstić information content (AvgIpc) is 2.98. The summed E-state index contributed by atoms with van der Waals surface area (Å²) in [6.45, 7) is 18.4. The molecule has 0 aliphatic heterocycles. The Morgan fingerprint density at radius 1 is 0.846 bits per heavy atom. The molecule has 1 aliphatic carbocycles. The third-order valence-electron chi connectivity index (χ3n) is 5.77. The molecule has 0 radical (unpaired) electrons. The van der Waals surface area contributed by atoms with Crippen LogP contribution in [0.25, 0.3) is 17.2 Å². The second kappa shape index (κ2) is 6.41. The van der Waals surface area contributed by atoms with Crippen molar-refractivity contribution in [3.05, 3.63) is 63.7 Å². The number of allylic oxidation sites excluding steroid dienone is 1. The Kier molecular flexibility index (Phi) is 4.67. The van der Waals surface area contributed by atoms with Crippen molar-refractivity contribution in [2.75, 3.05) is 0 Å². The van der Waals surface area contributed by atoms with Crippen LogP contribution in [-0.2, 0) is 17.3 Å². The lowest BCUT2D eigenvalue weighted by Gasteiger charge is -2.26. The smallest absolute Gasteiger partial charge is 0.00551 e. The first-order valence-electron chi connectivity index (χ1n) is 9.99. The summed E-state index contributed by atoms with van der Waals surface area (Å²) in [5.74, 6) is 0. The lowest BCUT2D eigenvalue weighted by atomic mass is 9.78. The van der Waals surface area contributed by atoms with Crippen LogP contribution in [-0.4, -0.2) is 0 Å². The zero-order valence-electron chi connectivity index (χ0n) is 17.9. The zero-order valence-corrected chi connectivity index (χ0v) is 17.9. The van der Waals surface area contributed by atoms with Crippen LogP contribution < -0.4 is 0 Å². The summed E-state index contributed by atoms with van der Waals surface area (Å²) in [6, 6.07) is 11.9. The van der Waals surface area contributed by atoms with Crippen LogP contribution in [0.2, 0.25) is 0 Å². The van der Waals surface area contributed by atoms with Gasteiger partial charge in [0.2, 0.25) is 0 Å². The van der Waals surface area contributed by atoms with Crippen molar-refractivity contribution in [3.63, 3.8) is 0 Å². The van der Waals surface area contributed by atoms with Crippen LogP contribution in [0.3, 0.4) is 0 Å². The maximum atomic E-state index is 2.44. The molecule has 0 nitrogen and oxygen atoms in total. The molecule has 0 saturated carbocycles. The molecule has 1 aliphatic rings. The number of aryl methyl sites for hydroxylation is 1. The van der Waals surface area contributed by atoms with E-state index in [4.69, 9.17) is 0 Å². The fourth-order valence-corrected chi connectivity index (χ4v) is 3.78. The molecule has 2 aromatic carbocycles. The van der Waals surface area contributed by atoms with Gasteiger partial charge in [0.1, 0.15) is 0 Å². The molecule has 3 rings (SSSR count). The number of fused-ring (bicyclic) bond motifs is 1. The van der Waals surface area contributed by atoms with Gasteiger partial charge in [-0.3, -0.25) is 0 Å². The Morgan fingerprint density at radius 3 is 1.92 bits per heavy atom. The summed E-state index contributed by atoms with van der Waals surface area (Å²) in [5.41, 5.74) is 11.9. The van der Waals surface area contributed by atoms with E-state index < -0.39 is 0 Å². The van der Waals surface area contributed by atoms with E-state index in [0.717, 1.165) is 12.8 Å². The van der Waals surface area contributed by atoms with E-state index in [9.17, 15) is 0 Å². The lowest BCUT2D eigenvalue weighted by molar-refractivity contribution is 0.569. The van der Waals surface area contributed by atoms with Crippen LogP contribution >= 0.6 is 0 Å². The normalized spacial score (nSPS) is 14.4. The average molecular weight is 347 g/mol. The minimum absolute atomic E-state index is 0.147. The molecule has 138 valence electrons. The highest BCUT2D eigenvalue weighted by Crippen LogP contribution is 2.40. The third kappa shape index (κ3) is 3.52. The van der Waals surface area contributed by atoms with Crippen LogP contribution in [0.5, 0.6) is 0 Å². The molecule has 0 heteroatoms. The van der Waals surface area contributed by atoms with Gasteiger partial charge >= 0.3 is 0 Å². The Bertz CT molecular complexity index is 832. The summed E-state index contributed by atoms with van der Waals surface area (Å²) in [5, 5.41) is 0. The van der Waals surface area contributed by atoms with Crippen LogP contribution in [0.1, 0.15) is 82.7 Å². The second-order valence-corrected chi connectivity index (χ2v) is 9.95. The summed E-state index contributed by atoms with van der Waals surface area (Å²) in [7, 11) is 0. The standard InChI is InChI=1S/C26H34/c1-9-18-12-23-17(2)10-11-22(24(23)13-18)19-14-20(25(3,4)5)16-21(15-19)26(6,7)8/h10-11,13-16H,9,12H2,1-8H3. The van der Waals surface area contributed by atoms with Gasteiger partial charge in [-0.25, -0.2) is 0 Å². The van der Waals surface area contributed by atoms with Crippen LogP contribution in [0, 0.1) is 6.92 Å². The second-order valence-electron chi connectivity index (χ2n) is 9.95. The fraction of sp³-hybridized carbons (Fsp3) is 0.462. The van der Waals surface area contributed by atoms with Crippen molar-refractivity contribution in [2.24, 2.45) is 0 Å². The van der Waals surface area contributed by atoms with E-state index in [-0.39, 0.29) is 10.8 Å². The highest BCUT2D eigenvalue weighted by molar-refractivity contribution is 5.82. The molecule has 0 fully saturated rings. The minimum atomic E-state index is 0.147. The van der Waals surface area contributed by atoms with Gasteiger partial charge in [-0.1, -0.05) is 90.4 Å². The maximum Gasteiger partial charge on any atom is -0.00551 e. The Labute approximate surface area is 160 Å². The molecule has 26 heavy (non-hydrogen) atoms. The Hall–Kier alpha value is -1.82. The van der Waals surface area contributed by atoms with Gasteiger partial charge in [0.25, 0.3) is 0 Å². The monoisotopic (exact) mass is 346 g/mol. The lowest BCUT2D eigenvalue weighted by Crippen LogP contribution is -2.16. The molecule has 2 aromatic rings. The molecular weight excluding hydrogens is 312 g/mol. The minimum Gasteiger partial charge on any atom is -0.0654 e. The molecule has 0 bridgehead atoms. The molecule has 0 N–H and O–H groups in total. The van der Waals surface area contributed by atoms with E-state index in [1.54, 1.807) is 5.57 Å². The molecule has 0 amide bonds. The van der Waals surface area contributed by atoms with Crippen LogP contribution in [0.15, 0.2) is 35.9 Å². The van der Waals surface area contributed by atoms with E-state index in [0.29, 0.717) is 0 Å². The Morgan fingerprint density at radius 2 is 1.42 bits per heavy atom. The van der Waals surface area contributed by atoms with Crippen molar-refractivity contribution >= 4 is 6.08 Å². The maximum absolute atomic E-state index is 2.44. The summed E-state index contributed by atoms with van der Waals surface area (Å²) in [4.78, 5) is 0. The predicted molar refractivity (Wildman–Crippen MR) is 116 cm³/mol. The number of rotatable bonds is 2. The summed E-state index contributed by atoms with van der Waals surface area (Å²) in [6.07, 6.45) is 4.71. The molecule has 0 saturated heterocycles. The third-order valence-corrected chi connectivity index (χ3v) is 5.77. The van der Waals surface area contributed by atoms with E-state index in [2.05, 4.69) is 91.8 Å². The van der Waals surface area contributed by atoms with Crippen molar-refractivity contribution in [1.82, 2.24) is 0 Å². The number of hydrogen-bond acceptors (Lipinski definition) is 0. The van der Waals surface area contributed by atoms with Gasteiger partial charge in [-0.2, -0.15) is 0 Å². The van der Waals surface area contributed by atoms with Gasteiger partial charge in [0, 0.05) is 0 Å². The van der Waals surface area contributed by atoms with Gasteiger partial charge in [0.15, 0.2) is 0 Å². The van der Waals surface area contributed by atoms with Crippen LogP contribution in [0.4, 0.5) is 0 Å². The van der Waals surface area contributed by atoms with Crippen molar-refractivity contribution < 1.29 is 0 Å². The molecule has 0 spiro atoms. The first-order chi connectivity index (χ1) is 12.0. The topological polar surface area (TPSA) is 0 Å². The van der Waals surface area contributed by atoms with Crippen molar-refractivity contribution in [1.29, 1.82) is 0 Å².